The molecule has 3 rings (SSSR count). The number of aromatic nitrogens is 1. The number of piperidine rings is 1. The molecule has 2 fully saturated rings. The van der Waals surface area contributed by atoms with E-state index >= 15 is 0 Å². The summed E-state index contributed by atoms with van der Waals surface area (Å²) >= 11 is 9.32. The van der Waals surface area contributed by atoms with Gasteiger partial charge >= 0.3 is 0 Å². The lowest BCUT2D eigenvalue weighted by Crippen LogP contribution is -2.48. The van der Waals surface area contributed by atoms with Gasteiger partial charge in [-0.2, -0.15) is 0 Å². The summed E-state index contributed by atoms with van der Waals surface area (Å²) in [6.07, 6.45) is 3.23. The Labute approximate surface area is 129 Å². The third kappa shape index (κ3) is 2.31. The van der Waals surface area contributed by atoms with Crippen LogP contribution < -0.4 is 5.32 Å². The molecule has 106 valence electrons. The summed E-state index contributed by atoms with van der Waals surface area (Å²) in [5, 5.41) is 3.03. The van der Waals surface area contributed by atoms with Crippen LogP contribution in [0.1, 0.15) is 23.2 Å². The third-order valence-electron chi connectivity index (χ3n) is 3.90. The van der Waals surface area contributed by atoms with Gasteiger partial charge in [-0.1, -0.05) is 11.6 Å². The first-order chi connectivity index (χ1) is 9.58. The molecule has 2 saturated heterocycles. The van der Waals surface area contributed by atoms with Gasteiger partial charge in [0, 0.05) is 23.8 Å². The summed E-state index contributed by atoms with van der Waals surface area (Å²) in [4.78, 5) is 30.1. The van der Waals surface area contributed by atoms with Gasteiger partial charge in [-0.15, -0.1) is 0 Å². The first kappa shape index (κ1) is 13.8. The zero-order chi connectivity index (χ0) is 14.3. The highest BCUT2D eigenvalue weighted by Crippen LogP contribution is 2.30. The van der Waals surface area contributed by atoms with Crippen LogP contribution in [0.2, 0.25) is 5.15 Å². The molecule has 0 saturated carbocycles. The van der Waals surface area contributed by atoms with Crippen LogP contribution in [0.3, 0.4) is 0 Å². The second kappa shape index (κ2) is 5.33. The fourth-order valence-electron chi connectivity index (χ4n) is 2.93. The van der Waals surface area contributed by atoms with E-state index < -0.39 is 0 Å². The van der Waals surface area contributed by atoms with Gasteiger partial charge < -0.3 is 10.2 Å². The molecule has 2 aliphatic rings. The second-order valence-electron chi connectivity index (χ2n) is 5.05. The molecule has 1 aromatic rings. The molecule has 1 N–H and O–H groups in total. The number of rotatable bonds is 1. The van der Waals surface area contributed by atoms with Crippen LogP contribution in [-0.4, -0.2) is 40.8 Å². The largest absolute Gasteiger partial charge is 0.354 e. The van der Waals surface area contributed by atoms with E-state index in [1.807, 2.05) is 0 Å². The number of fused-ring (bicyclic) bond motifs is 1. The quantitative estimate of drug-likeness (QED) is 0.779. The monoisotopic (exact) mass is 357 g/mol. The predicted octanol–water partition coefficient (Wildman–Crippen LogP) is 1.85. The molecule has 3 heterocycles. The molecule has 2 unspecified atom stereocenters. The third-order valence-corrected chi connectivity index (χ3v) is 4.63. The van der Waals surface area contributed by atoms with Gasteiger partial charge in [-0.3, -0.25) is 9.59 Å². The molecular formula is C13H13BrClN3O2. The molecule has 0 radical (unpaired) electrons. The van der Waals surface area contributed by atoms with Gasteiger partial charge in [0.1, 0.15) is 5.15 Å². The van der Waals surface area contributed by atoms with Gasteiger partial charge in [-0.05, 0) is 34.8 Å². The second-order valence-corrected chi connectivity index (χ2v) is 6.33. The van der Waals surface area contributed by atoms with Crippen molar-refractivity contribution >= 4 is 39.3 Å². The Balaban J connectivity index is 1.90. The van der Waals surface area contributed by atoms with Crippen LogP contribution in [0.15, 0.2) is 16.7 Å². The number of carbonyl (C=O) groups is 2. The van der Waals surface area contributed by atoms with E-state index in [2.05, 4.69) is 26.2 Å². The van der Waals surface area contributed by atoms with Crippen LogP contribution in [-0.2, 0) is 4.79 Å². The molecule has 2 atom stereocenters. The van der Waals surface area contributed by atoms with E-state index in [1.165, 1.54) is 0 Å². The molecule has 5 nitrogen and oxygen atoms in total. The van der Waals surface area contributed by atoms with Crippen molar-refractivity contribution in [2.24, 2.45) is 5.92 Å². The Morgan fingerprint density at radius 1 is 1.55 bits per heavy atom. The van der Waals surface area contributed by atoms with Gasteiger partial charge in [0.15, 0.2) is 0 Å². The Bertz CT molecular complexity index is 581. The van der Waals surface area contributed by atoms with Crippen molar-refractivity contribution in [2.45, 2.75) is 18.9 Å². The molecule has 2 amide bonds. The van der Waals surface area contributed by atoms with Crippen molar-refractivity contribution < 1.29 is 9.59 Å². The van der Waals surface area contributed by atoms with E-state index in [-0.39, 0.29) is 28.9 Å². The maximum Gasteiger partial charge on any atom is 0.257 e. The van der Waals surface area contributed by atoms with Gasteiger partial charge in [0.2, 0.25) is 5.91 Å². The molecule has 2 aliphatic heterocycles. The zero-order valence-electron chi connectivity index (χ0n) is 10.6. The molecule has 7 heteroatoms. The van der Waals surface area contributed by atoms with Crippen LogP contribution in [0.25, 0.3) is 0 Å². The smallest absolute Gasteiger partial charge is 0.257 e. The number of nitrogens with one attached hydrogen (secondary N) is 1. The van der Waals surface area contributed by atoms with E-state index in [0.717, 1.165) is 12.8 Å². The van der Waals surface area contributed by atoms with Crippen molar-refractivity contribution in [1.82, 2.24) is 15.2 Å². The summed E-state index contributed by atoms with van der Waals surface area (Å²) in [6.45, 7) is 1.17. The van der Waals surface area contributed by atoms with Crippen LogP contribution >= 0.6 is 27.5 Å². The summed E-state index contributed by atoms with van der Waals surface area (Å²) in [6, 6.07) is 1.60. The summed E-state index contributed by atoms with van der Waals surface area (Å²) in [5.41, 5.74) is 0.376. The fourth-order valence-corrected chi connectivity index (χ4v) is 3.45. The summed E-state index contributed by atoms with van der Waals surface area (Å²) in [5.74, 6) is -0.201. The van der Waals surface area contributed by atoms with Gasteiger partial charge in [0.25, 0.3) is 5.91 Å². The van der Waals surface area contributed by atoms with Crippen molar-refractivity contribution in [3.05, 3.63) is 27.5 Å². The van der Waals surface area contributed by atoms with E-state index in [0.29, 0.717) is 23.1 Å². The van der Waals surface area contributed by atoms with E-state index in [1.54, 1.807) is 17.2 Å². The van der Waals surface area contributed by atoms with Crippen molar-refractivity contribution in [1.29, 1.82) is 0 Å². The molecule has 0 aliphatic carbocycles. The minimum Gasteiger partial charge on any atom is -0.354 e. The average molecular weight is 359 g/mol. The molecule has 1 aromatic heterocycles. The first-order valence-electron chi connectivity index (χ1n) is 6.47. The lowest BCUT2D eigenvalue weighted by molar-refractivity contribution is -0.123. The maximum absolute atomic E-state index is 12.7. The fraction of sp³-hybridized carbons (Fsp3) is 0.462. The molecular weight excluding hydrogens is 346 g/mol. The van der Waals surface area contributed by atoms with Gasteiger partial charge in [-0.25, -0.2) is 4.98 Å². The molecule has 0 aromatic carbocycles. The Hall–Kier alpha value is -1.14. The standard InChI is InChI=1S/C13H13BrClN3O2/c14-7-4-9(11(15)16-5-7)13(20)18-3-1-2-8-10(18)6-17-12(8)19/h4-5,8,10H,1-3,6H2,(H,17,19). The van der Waals surface area contributed by atoms with Gasteiger partial charge in [0.05, 0.1) is 17.5 Å². The number of hydrogen-bond acceptors (Lipinski definition) is 3. The molecule has 0 spiro atoms. The number of nitrogens with zero attached hydrogens (tertiary/aromatic N) is 2. The number of halogens is 2. The Morgan fingerprint density at radius 3 is 3.15 bits per heavy atom. The zero-order valence-corrected chi connectivity index (χ0v) is 12.9. The molecule has 20 heavy (non-hydrogen) atoms. The number of hydrogen-bond donors (Lipinski definition) is 1. The number of pyridine rings is 1. The minimum absolute atomic E-state index is 0.0472. The number of carbonyl (C=O) groups excluding carboxylic acids is 2. The SMILES string of the molecule is O=C1NCC2C1CCCN2C(=O)c1cc(Br)cnc1Cl. The van der Waals surface area contributed by atoms with Crippen molar-refractivity contribution in [2.75, 3.05) is 13.1 Å². The van der Waals surface area contributed by atoms with Crippen molar-refractivity contribution in [3.8, 4) is 0 Å². The number of amides is 2. The van der Waals surface area contributed by atoms with E-state index in [9.17, 15) is 9.59 Å². The lowest BCUT2D eigenvalue weighted by Gasteiger charge is -2.36. The van der Waals surface area contributed by atoms with Crippen LogP contribution in [0.5, 0.6) is 0 Å². The minimum atomic E-state index is -0.157. The van der Waals surface area contributed by atoms with Crippen LogP contribution in [0.4, 0.5) is 0 Å². The lowest BCUT2D eigenvalue weighted by atomic mass is 9.91. The van der Waals surface area contributed by atoms with Crippen LogP contribution in [0, 0.1) is 5.92 Å². The topological polar surface area (TPSA) is 62.3 Å². The Morgan fingerprint density at radius 2 is 2.35 bits per heavy atom. The number of likely N-dealkylation sites (tertiary alicyclic amines) is 1. The molecule has 0 bridgehead atoms. The predicted molar refractivity (Wildman–Crippen MR) is 77.5 cm³/mol. The maximum atomic E-state index is 12.7. The normalized spacial score (nSPS) is 25.3. The average Bonchev–Trinajstić information content (AvgIpc) is 2.83. The summed E-state index contributed by atoms with van der Waals surface area (Å²) < 4.78 is 0.708. The highest BCUT2D eigenvalue weighted by atomic mass is 79.9. The van der Waals surface area contributed by atoms with E-state index in [4.69, 9.17) is 11.6 Å². The summed E-state index contributed by atoms with van der Waals surface area (Å²) in [7, 11) is 0. The Kier molecular flexibility index (Phi) is 3.69. The first-order valence-corrected chi connectivity index (χ1v) is 7.65. The van der Waals surface area contributed by atoms with Crippen molar-refractivity contribution in [3.63, 3.8) is 0 Å². The highest BCUT2D eigenvalue weighted by Gasteiger charge is 2.43. The highest BCUT2D eigenvalue weighted by molar-refractivity contribution is 9.10.